The largest absolute Gasteiger partial charge is 0.312 e. The lowest BCUT2D eigenvalue weighted by Gasteiger charge is -2.31. The Morgan fingerprint density at radius 1 is 1.19 bits per heavy atom. The fourth-order valence-corrected chi connectivity index (χ4v) is 3.92. The Labute approximate surface area is 134 Å². The second kappa shape index (κ2) is 6.65. The Kier molecular flexibility index (Phi) is 5.83. The Morgan fingerprint density at radius 3 is 2.24 bits per heavy atom. The Morgan fingerprint density at radius 2 is 1.76 bits per heavy atom. The molecule has 0 aromatic heterocycles. The molecule has 1 fully saturated rings. The van der Waals surface area contributed by atoms with Gasteiger partial charge in [0.2, 0.25) is 10.0 Å². The zero-order valence-corrected chi connectivity index (χ0v) is 14.7. The van der Waals surface area contributed by atoms with Crippen molar-refractivity contribution in [2.75, 3.05) is 19.6 Å². The van der Waals surface area contributed by atoms with Gasteiger partial charge in [0, 0.05) is 25.7 Å². The predicted molar refractivity (Wildman–Crippen MR) is 88.6 cm³/mol. The molecule has 2 rings (SSSR count). The van der Waals surface area contributed by atoms with Crippen molar-refractivity contribution >= 4 is 22.4 Å². The monoisotopic (exact) mass is 332 g/mol. The van der Waals surface area contributed by atoms with Crippen molar-refractivity contribution in [3.63, 3.8) is 0 Å². The highest BCUT2D eigenvalue weighted by Gasteiger charge is 2.28. The molecule has 1 N–H and O–H groups in total. The number of piperazine rings is 1. The molecule has 1 aliphatic rings. The van der Waals surface area contributed by atoms with Crippen molar-refractivity contribution in [3.05, 3.63) is 29.8 Å². The van der Waals surface area contributed by atoms with Crippen molar-refractivity contribution in [1.29, 1.82) is 0 Å². The summed E-state index contributed by atoms with van der Waals surface area (Å²) < 4.78 is 26.8. The minimum atomic E-state index is -3.36. The molecule has 1 aromatic rings. The van der Waals surface area contributed by atoms with E-state index >= 15 is 0 Å². The Hall–Kier alpha value is -0.620. The summed E-state index contributed by atoms with van der Waals surface area (Å²) in [7, 11) is -3.36. The number of halogens is 1. The summed E-state index contributed by atoms with van der Waals surface area (Å²) in [6, 6.07) is 7.48. The molecule has 0 unspecified atom stereocenters. The maximum absolute atomic E-state index is 12.6. The number of sulfonamides is 1. The van der Waals surface area contributed by atoms with Crippen molar-refractivity contribution in [1.82, 2.24) is 9.62 Å². The van der Waals surface area contributed by atoms with Crippen LogP contribution in [0.1, 0.15) is 33.3 Å². The first-order chi connectivity index (χ1) is 9.21. The SMILES string of the molecule is C[C@H]1CN(S(=O)(=O)c2ccc(C(C)(C)C)cc2)CCN1.Cl. The highest BCUT2D eigenvalue weighted by molar-refractivity contribution is 7.89. The predicted octanol–water partition coefficient (Wildman–Crippen LogP) is 2.39. The van der Waals surface area contributed by atoms with Crippen LogP contribution in [0, 0.1) is 0 Å². The second-order valence-corrected chi connectivity index (χ2v) is 8.43. The van der Waals surface area contributed by atoms with E-state index in [9.17, 15) is 8.42 Å². The van der Waals surface area contributed by atoms with Gasteiger partial charge < -0.3 is 5.32 Å². The van der Waals surface area contributed by atoms with E-state index in [0.29, 0.717) is 24.5 Å². The molecular formula is C15H25ClN2O2S. The van der Waals surface area contributed by atoms with Gasteiger partial charge in [0.05, 0.1) is 4.90 Å². The zero-order chi connectivity index (χ0) is 15.0. The Bertz CT molecular complexity index is 564. The summed E-state index contributed by atoms with van der Waals surface area (Å²) in [5, 5.41) is 3.26. The van der Waals surface area contributed by atoms with Crippen LogP contribution in [0.4, 0.5) is 0 Å². The first-order valence-electron chi connectivity index (χ1n) is 7.05. The molecule has 0 aliphatic carbocycles. The highest BCUT2D eigenvalue weighted by atomic mass is 35.5. The van der Waals surface area contributed by atoms with Gasteiger partial charge in [0.25, 0.3) is 0 Å². The fraction of sp³-hybridized carbons (Fsp3) is 0.600. The minimum absolute atomic E-state index is 0. The van der Waals surface area contributed by atoms with Crippen LogP contribution in [0.15, 0.2) is 29.2 Å². The molecule has 1 heterocycles. The van der Waals surface area contributed by atoms with Gasteiger partial charge in [-0.3, -0.25) is 0 Å². The summed E-state index contributed by atoms with van der Waals surface area (Å²) in [4.78, 5) is 0.389. The van der Waals surface area contributed by atoms with Crippen LogP contribution in [0.2, 0.25) is 0 Å². The lowest BCUT2D eigenvalue weighted by molar-refractivity contribution is 0.310. The molecule has 0 bridgehead atoms. The van der Waals surface area contributed by atoms with Gasteiger partial charge in [-0.1, -0.05) is 32.9 Å². The Balaban J connectivity index is 0.00000220. The van der Waals surface area contributed by atoms with E-state index in [0.717, 1.165) is 5.56 Å². The van der Waals surface area contributed by atoms with Crippen molar-refractivity contribution in [3.8, 4) is 0 Å². The van der Waals surface area contributed by atoms with E-state index in [1.165, 1.54) is 0 Å². The van der Waals surface area contributed by atoms with Crippen molar-refractivity contribution in [2.24, 2.45) is 0 Å². The topological polar surface area (TPSA) is 49.4 Å². The molecule has 1 aromatic carbocycles. The molecule has 21 heavy (non-hydrogen) atoms. The fourth-order valence-electron chi connectivity index (χ4n) is 2.39. The zero-order valence-electron chi connectivity index (χ0n) is 13.1. The van der Waals surface area contributed by atoms with E-state index < -0.39 is 10.0 Å². The highest BCUT2D eigenvalue weighted by Crippen LogP contribution is 2.24. The molecule has 120 valence electrons. The molecular weight excluding hydrogens is 308 g/mol. The second-order valence-electron chi connectivity index (χ2n) is 6.49. The van der Waals surface area contributed by atoms with Gasteiger partial charge in [-0.05, 0) is 30.0 Å². The van der Waals surface area contributed by atoms with Gasteiger partial charge in [0.15, 0.2) is 0 Å². The smallest absolute Gasteiger partial charge is 0.243 e. The summed E-state index contributed by atoms with van der Waals surface area (Å²) in [6.45, 7) is 10.1. The third-order valence-electron chi connectivity index (χ3n) is 3.69. The number of hydrogen-bond acceptors (Lipinski definition) is 3. The number of nitrogens with zero attached hydrogens (tertiary/aromatic N) is 1. The average Bonchev–Trinajstić information content (AvgIpc) is 2.38. The first kappa shape index (κ1) is 18.4. The van der Waals surface area contributed by atoms with Crippen molar-refractivity contribution in [2.45, 2.75) is 44.0 Å². The van der Waals surface area contributed by atoms with Gasteiger partial charge in [-0.15, -0.1) is 12.4 Å². The number of rotatable bonds is 2. The van der Waals surface area contributed by atoms with E-state index in [4.69, 9.17) is 0 Å². The van der Waals surface area contributed by atoms with Gasteiger partial charge >= 0.3 is 0 Å². The molecule has 1 aliphatic heterocycles. The summed E-state index contributed by atoms with van der Waals surface area (Å²) >= 11 is 0. The van der Waals surface area contributed by atoms with E-state index in [1.807, 2.05) is 19.1 Å². The van der Waals surface area contributed by atoms with E-state index in [1.54, 1.807) is 16.4 Å². The van der Waals surface area contributed by atoms with Crippen molar-refractivity contribution < 1.29 is 8.42 Å². The van der Waals surface area contributed by atoms with Gasteiger partial charge in [-0.2, -0.15) is 4.31 Å². The van der Waals surface area contributed by atoms with Gasteiger partial charge in [-0.25, -0.2) is 8.42 Å². The lowest BCUT2D eigenvalue weighted by atomic mass is 9.87. The normalized spacial score (nSPS) is 20.9. The van der Waals surface area contributed by atoms with Crippen LogP contribution < -0.4 is 5.32 Å². The molecule has 0 amide bonds. The first-order valence-corrected chi connectivity index (χ1v) is 8.49. The average molecular weight is 333 g/mol. The number of benzene rings is 1. The molecule has 1 atom stereocenters. The molecule has 0 radical (unpaired) electrons. The minimum Gasteiger partial charge on any atom is -0.312 e. The molecule has 0 saturated carbocycles. The quantitative estimate of drug-likeness (QED) is 0.904. The van der Waals surface area contributed by atoms with Gasteiger partial charge in [0.1, 0.15) is 0 Å². The molecule has 4 nitrogen and oxygen atoms in total. The third-order valence-corrected chi connectivity index (χ3v) is 5.57. The van der Waals surface area contributed by atoms with E-state index in [2.05, 4.69) is 26.1 Å². The third kappa shape index (κ3) is 4.19. The van der Waals surface area contributed by atoms with Crippen LogP contribution in [0.25, 0.3) is 0 Å². The van der Waals surface area contributed by atoms with Crippen LogP contribution in [-0.2, 0) is 15.4 Å². The summed E-state index contributed by atoms with van der Waals surface area (Å²) in [5.74, 6) is 0. The maximum Gasteiger partial charge on any atom is 0.243 e. The summed E-state index contributed by atoms with van der Waals surface area (Å²) in [5.41, 5.74) is 1.18. The molecule has 0 spiro atoms. The molecule has 6 heteroatoms. The number of hydrogen-bond donors (Lipinski definition) is 1. The van der Waals surface area contributed by atoms with Crippen LogP contribution in [-0.4, -0.2) is 38.4 Å². The summed E-state index contributed by atoms with van der Waals surface area (Å²) in [6.07, 6.45) is 0. The number of nitrogens with one attached hydrogen (secondary N) is 1. The van der Waals surface area contributed by atoms with Crippen LogP contribution in [0.3, 0.4) is 0 Å². The lowest BCUT2D eigenvalue weighted by Crippen LogP contribution is -2.51. The van der Waals surface area contributed by atoms with Crippen LogP contribution >= 0.6 is 12.4 Å². The standard InChI is InChI=1S/C15H24N2O2S.ClH/c1-12-11-17(10-9-16-12)20(18,19)14-7-5-13(6-8-14)15(2,3)4;/h5-8,12,16H,9-11H2,1-4H3;1H/t12-;/m0./s1. The maximum atomic E-state index is 12.6. The van der Waals surface area contributed by atoms with Crippen LogP contribution in [0.5, 0.6) is 0 Å². The van der Waals surface area contributed by atoms with E-state index in [-0.39, 0.29) is 23.9 Å². The molecule has 1 saturated heterocycles.